The van der Waals surface area contributed by atoms with E-state index >= 15 is 0 Å². The van der Waals surface area contributed by atoms with Crippen LogP contribution >= 0.6 is 0 Å². The second kappa shape index (κ2) is 3.73. The third-order valence-corrected chi connectivity index (χ3v) is 2.95. The molecule has 1 aliphatic carbocycles. The smallest absolute Gasteiger partial charge is 0.137 e. The highest BCUT2D eigenvalue weighted by molar-refractivity contribution is 5.21. The number of fused-ring (bicyclic) bond motifs is 1. The van der Waals surface area contributed by atoms with Crippen molar-refractivity contribution < 1.29 is 5.11 Å². The van der Waals surface area contributed by atoms with Crippen molar-refractivity contribution >= 4 is 0 Å². The monoisotopic (exact) mass is 194 g/mol. The third-order valence-electron chi connectivity index (χ3n) is 2.95. The number of aliphatic hydroxyl groups excluding tert-OH is 1. The number of aromatic nitrogens is 2. The molecule has 1 aliphatic rings. The van der Waals surface area contributed by atoms with E-state index in [0.29, 0.717) is 0 Å². The van der Waals surface area contributed by atoms with Crippen LogP contribution < -0.4 is 0 Å². The second-order valence-corrected chi connectivity index (χ2v) is 3.99. The maximum Gasteiger partial charge on any atom is 0.137 e. The van der Waals surface area contributed by atoms with Crippen molar-refractivity contribution in [1.29, 1.82) is 0 Å². The number of aryl methyl sites for hydroxylation is 1. The molecule has 1 N–H and O–H groups in total. The predicted octanol–water partition coefficient (Wildman–Crippen LogP) is 1.84. The fourth-order valence-electron chi connectivity index (χ4n) is 2.29. The number of imidazole rings is 1. The van der Waals surface area contributed by atoms with Crippen molar-refractivity contribution in [3.05, 3.63) is 17.2 Å². The Morgan fingerprint density at radius 1 is 1.43 bits per heavy atom. The van der Waals surface area contributed by atoms with E-state index in [4.69, 9.17) is 0 Å². The maximum absolute atomic E-state index is 9.60. The Morgan fingerprint density at radius 3 is 2.79 bits per heavy atom. The average Bonchev–Trinajstić information content (AvgIpc) is 2.56. The van der Waals surface area contributed by atoms with Crippen LogP contribution in [-0.2, 0) is 19.4 Å². The molecule has 3 nitrogen and oxygen atoms in total. The summed E-state index contributed by atoms with van der Waals surface area (Å²) < 4.78 is 2.18. The predicted molar refractivity (Wildman–Crippen MR) is 55.2 cm³/mol. The minimum Gasteiger partial charge on any atom is -0.385 e. The molecular weight excluding hydrogens is 176 g/mol. The maximum atomic E-state index is 9.60. The Balaban J connectivity index is 2.46. The zero-order valence-electron chi connectivity index (χ0n) is 8.95. The Morgan fingerprint density at radius 2 is 2.14 bits per heavy atom. The van der Waals surface area contributed by atoms with Gasteiger partial charge in [0.05, 0.1) is 5.69 Å². The van der Waals surface area contributed by atoms with Gasteiger partial charge >= 0.3 is 0 Å². The van der Waals surface area contributed by atoms with Gasteiger partial charge in [-0.3, -0.25) is 0 Å². The molecule has 0 amide bonds. The minimum atomic E-state index is -0.444. The summed E-state index contributed by atoms with van der Waals surface area (Å²) in [6.07, 6.45) is 4.27. The number of hydrogen-bond acceptors (Lipinski definition) is 2. The number of nitrogens with zero attached hydrogens (tertiary/aromatic N) is 2. The van der Waals surface area contributed by atoms with E-state index in [2.05, 4.69) is 16.5 Å². The van der Waals surface area contributed by atoms with Gasteiger partial charge in [0.25, 0.3) is 0 Å². The van der Waals surface area contributed by atoms with E-state index in [-0.39, 0.29) is 0 Å². The van der Waals surface area contributed by atoms with Gasteiger partial charge in [-0.2, -0.15) is 0 Å². The molecule has 0 aliphatic heterocycles. The van der Waals surface area contributed by atoms with E-state index < -0.39 is 6.10 Å². The van der Waals surface area contributed by atoms with Gasteiger partial charge in [0, 0.05) is 12.2 Å². The second-order valence-electron chi connectivity index (χ2n) is 3.99. The summed E-state index contributed by atoms with van der Waals surface area (Å²) >= 11 is 0. The highest BCUT2D eigenvalue weighted by Crippen LogP contribution is 2.24. The first-order valence-corrected chi connectivity index (χ1v) is 5.50. The molecule has 0 spiro atoms. The van der Waals surface area contributed by atoms with Gasteiger partial charge in [-0.1, -0.05) is 0 Å². The van der Waals surface area contributed by atoms with E-state index in [1.54, 1.807) is 6.92 Å². The molecule has 0 saturated carbocycles. The van der Waals surface area contributed by atoms with Gasteiger partial charge in [-0.25, -0.2) is 4.98 Å². The summed E-state index contributed by atoms with van der Waals surface area (Å²) in [5.74, 6) is 0.847. The number of rotatable bonds is 2. The molecule has 3 heteroatoms. The van der Waals surface area contributed by atoms with Crippen LogP contribution in [0.5, 0.6) is 0 Å². The lowest BCUT2D eigenvalue weighted by atomic mass is 10.0. The molecule has 0 aromatic carbocycles. The van der Waals surface area contributed by atoms with E-state index in [0.717, 1.165) is 25.2 Å². The summed E-state index contributed by atoms with van der Waals surface area (Å²) in [5, 5.41) is 9.60. The van der Waals surface area contributed by atoms with Crippen molar-refractivity contribution in [3.63, 3.8) is 0 Å². The summed E-state index contributed by atoms with van der Waals surface area (Å²) in [5.41, 5.74) is 2.57. The van der Waals surface area contributed by atoms with E-state index in [1.165, 1.54) is 24.2 Å². The zero-order chi connectivity index (χ0) is 10.1. The van der Waals surface area contributed by atoms with Crippen molar-refractivity contribution in [2.24, 2.45) is 0 Å². The van der Waals surface area contributed by atoms with Gasteiger partial charge in [0.2, 0.25) is 0 Å². The zero-order valence-corrected chi connectivity index (χ0v) is 8.95. The van der Waals surface area contributed by atoms with Crippen LogP contribution in [0.4, 0.5) is 0 Å². The van der Waals surface area contributed by atoms with Crippen LogP contribution in [0.15, 0.2) is 0 Å². The van der Waals surface area contributed by atoms with Gasteiger partial charge in [-0.15, -0.1) is 0 Å². The Kier molecular flexibility index (Phi) is 2.59. The summed E-state index contributed by atoms with van der Waals surface area (Å²) in [4.78, 5) is 4.53. The molecule has 2 rings (SSSR count). The fourth-order valence-corrected chi connectivity index (χ4v) is 2.29. The lowest BCUT2D eigenvalue weighted by Gasteiger charge is -2.14. The van der Waals surface area contributed by atoms with Crippen LogP contribution in [0.2, 0.25) is 0 Å². The third kappa shape index (κ3) is 1.46. The fraction of sp³-hybridized carbons (Fsp3) is 0.727. The van der Waals surface area contributed by atoms with Crippen molar-refractivity contribution in [1.82, 2.24) is 9.55 Å². The SMILES string of the molecule is CCn1c(C(C)O)nc2c1CCCC2. The quantitative estimate of drug-likeness (QED) is 0.780. The first-order chi connectivity index (χ1) is 6.74. The lowest BCUT2D eigenvalue weighted by Crippen LogP contribution is -2.10. The topological polar surface area (TPSA) is 38.0 Å². The van der Waals surface area contributed by atoms with Gasteiger partial charge < -0.3 is 9.67 Å². The summed E-state index contributed by atoms with van der Waals surface area (Å²) in [6.45, 7) is 4.82. The number of hydrogen-bond donors (Lipinski definition) is 1. The first-order valence-electron chi connectivity index (χ1n) is 5.50. The van der Waals surface area contributed by atoms with Crippen LogP contribution in [0.1, 0.15) is 50.0 Å². The molecule has 0 fully saturated rings. The molecule has 0 radical (unpaired) electrons. The highest BCUT2D eigenvalue weighted by atomic mass is 16.3. The van der Waals surface area contributed by atoms with E-state index in [1.807, 2.05) is 0 Å². The molecule has 1 atom stereocenters. The molecule has 78 valence electrons. The number of aliphatic hydroxyl groups is 1. The molecule has 1 aromatic heterocycles. The standard InChI is InChI=1S/C11H18N2O/c1-3-13-10-7-5-4-6-9(10)12-11(13)8(2)14/h8,14H,3-7H2,1-2H3. The Bertz CT molecular complexity index is 328. The lowest BCUT2D eigenvalue weighted by molar-refractivity contribution is 0.183. The molecule has 1 heterocycles. The largest absolute Gasteiger partial charge is 0.385 e. The van der Waals surface area contributed by atoms with Gasteiger partial charge in [0.1, 0.15) is 11.9 Å². The first kappa shape index (κ1) is 9.71. The molecule has 1 unspecified atom stereocenters. The Hall–Kier alpha value is -0.830. The summed E-state index contributed by atoms with van der Waals surface area (Å²) in [6, 6.07) is 0. The highest BCUT2D eigenvalue weighted by Gasteiger charge is 2.20. The minimum absolute atomic E-state index is 0.444. The molecular formula is C11H18N2O. The van der Waals surface area contributed by atoms with Crippen LogP contribution in [0.3, 0.4) is 0 Å². The molecule has 1 aromatic rings. The van der Waals surface area contributed by atoms with Gasteiger partial charge in [0.15, 0.2) is 0 Å². The van der Waals surface area contributed by atoms with Crippen molar-refractivity contribution in [2.75, 3.05) is 0 Å². The van der Waals surface area contributed by atoms with E-state index in [9.17, 15) is 5.11 Å². The van der Waals surface area contributed by atoms with Crippen LogP contribution in [-0.4, -0.2) is 14.7 Å². The molecule has 0 bridgehead atoms. The van der Waals surface area contributed by atoms with Crippen molar-refractivity contribution in [2.45, 2.75) is 52.2 Å². The van der Waals surface area contributed by atoms with Crippen molar-refractivity contribution in [3.8, 4) is 0 Å². The molecule has 14 heavy (non-hydrogen) atoms. The van der Waals surface area contributed by atoms with Gasteiger partial charge in [-0.05, 0) is 39.5 Å². The van der Waals surface area contributed by atoms with Crippen LogP contribution in [0, 0.1) is 0 Å². The molecule has 0 saturated heterocycles. The normalized spacial score (nSPS) is 17.9. The average molecular weight is 194 g/mol. The van der Waals surface area contributed by atoms with Crippen LogP contribution in [0.25, 0.3) is 0 Å². The Labute approximate surface area is 84.8 Å². The summed E-state index contributed by atoms with van der Waals surface area (Å²) in [7, 11) is 0.